The molecular formula is C13H14BrN3O4. The Morgan fingerprint density at radius 2 is 2.19 bits per heavy atom. The monoisotopic (exact) mass is 355 g/mol. The minimum absolute atomic E-state index is 0.116. The molecule has 8 heteroatoms. The predicted molar refractivity (Wildman–Crippen MR) is 79.3 cm³/mol. The lowest BCUT2D eigenvalue weighted by Crippen LogP contribution is -2.56. The molecule has 21 heavy (non-hydrogen) atoms. The van der Waals surface area contributed by atoms with E-state index in [-0.39, 0.29) is 11.5 Å². The van der Waals surface area contributed by atoms with Crippen molar-refractivity contribution in [2.75, 3.05) is 18.4 Å². The zero-order valence-electron chi connectivity index (χ0n) is 11.2. The highest BCUT2D eigenvalue weighted by molar-refractivity contribution is 9.10. The van der Waals surface area contributed by atoms with Gasteiger partial charge >= 0.3 is 12.0 Å². The number of carboxylic acid groups (broad SMARTS) is 1. The molecule has 1 unspecified atom stereocenters. The van der Waals surface area contributed by atoms with Crippen molar-refractivity contribution >= 4 is 39.5 Å². The van der Waals surface area contributed by atoms with E-state index in [9.17, 15) is 14.4 Å². The third-order valence-electron chi connectivity index (χ3n) is 3.22. The average molecular weight is 356 g/mol. The van der Waals surface area contributed by atoms with Gasteiger partial charge in [-0.1, -0.05) is 0 Å². The van der Waals surface area contributed by atoms with Crippen LogP contribution in [0.2, 0.25) is 0 Å². The van der Waals surface area contributed by atoms with Gasteiger partial charge in [-0.15, -0.1) is 0 Å². The van der Waals surface area contributed by atoms with E-state index >= 15 is 0 Å². The lowest BCUT2D eigenvalue weighted by atomic mass is 10.2. The van der Waals surface area contributed by atoms with E-state index in [0.717, 1.165) is 0 Å². The van der Waals surface area contributed by atoms with Crippen LogP contribution in [0.25, 0.3) is 0 Å². The molecule has 0 aromatic heterocycles. The Kier molecular flexibility index (Phi) is 4.46. The molecule has 0 bridgehead atoms. The highest BCUT2D eigenvalue weighted by atomic mass is 79.9. The number of carbonyl (C=O) groups is 3. The number of piperazine rings is 1. The quantitative estimate of drug-likeness (QED) is 0.748. The van der Waals surface area contributed by atoms with Crippen LogP contribution in [0.4, 0.5) is 10.5 Å². The van der Waals surface area contributed by atoms with Crippen LogP contribution in [-0.2, 0) is 4.79 Å². The molecule has 1 fully saturated rings. The molecule has 0 saturated carbocycles. The third-order valence-corrected chi connectivity index (χ3v) is 3.87. The first-order chi connectivity index (χ1) is 9.90. The standard InChI is InChI=1S/C13H14BrN3O4/c1-7-11(18)15-4-5-17(7)13(21)16-10-3-2-8(12(19)20)6-9(10)14/h2-3,6-7H,4-5H2,1H3,(H,15,18)(H,16,21)(H,19,20). The summed E-state index contributed by atoms with van der Waals surface area (Å²) in [7, 11) is 0. The van der Waals surface area contributed by atoms with Crippen LogP contribution in [0.1, 0.15) is 17.3 Å². The first kappa shape index (κ1) is 15.3. The van der Waals surface area contributed by atoms with Gasteiger partial charge in [-0.25, -0.2) is 9.59 Å². The highest BCUT2D eigenvalue weighted by Gasteiger charge is 2.29. The molecular weight excluding hydrogens is 342 g/mol. The largest absolute Gasteiger partial charge is 0.478 e. The minimum Gasteiger partial charge on any atom is -0.478 e. The van der Waals surface area contributed by atoms with Crippen molar-refractivity contribution < 1.29 is 19.5 Å². The summed E-state index contributed by atoms with van der Waals surface area (Å²) in [5.74, 6) is -1.24. The average Bonchev–Trinajstić information content (AvgIpc) is 2.43. The molecule has 0 aliphatic carbocycles. The molecule has 1 aliphatic rings. The first-order valence-corrected chi connectivity index (χ1v) is 7.07. The van der Waals surface area contributed by atoms with E-state index in [1.165, 1.54) is 23.1 Å². The number of carbonyl (C=O) groups excluding carboxylic acids is 2. The maximum Gasteiger partial charge on any atom is 0.335 e. The Bertz CT molecular complexity index is 605. The number of nitrogens with one attached hydrogen (secondary N) is 2. The number of amides is 3. The molecule has 1 atom stereocenters. The zero-order valence-corrected chi connectivity index (χ0v) is 12.8. The molecule has 1 aromatic carbocycles. The lowest BCUT2D eigenvalue weighted by Gasteiger charge is -2.32. The number of hydrogen-bond acceptors (Lipinski definition) is 3. The van der Waals surface area contributed by atoms with Gasteiger partial charge in [-0.05, 0) is 41.1 Å². The molecule has 1 heterocycles. The van der Waals surface area contributed by atoms with E-state index in [0.29, 0.717) is 23.2 Å². The fourth-order valence-corrected chi connectivity index (χ4v) is 2.47. The van der Waals surface area contributed by atoms with E-state index in [4.69, 9.17) is 5.11 Å². The van der Waals surface area contributed by atoms with Crippen molar-refractivity contribution in [3.05, 3.63) is 28.2 Å². The van der Waals surface area contributed by atoms with Crippen LogP contribution in [0.15, 0.2) is 22.7 Å². The maximum atomic E-state index is 12.2. The normalized spacial score (nSPS) is 18.1. The summed E-state index contributed by atoms with van der Waals surface area (Å²) < 4.78 is 0.463. The second-order valence-corrected chi connectivity index (χ2v) is 5.44. The number of rotatable bonds is 2. The van der Waals surface area contributed by atoms with Crippen molar-refractivity contribution in [2.24, 2.45) is 0 Å². The van der Waals surface area contributed by atoms with Gasteiger partial charge < -0.3 is 20.6 Å². The third kappa shape index (κ3) is 3.33. The maximum absolute atomic E-state index is 12.2. The topological polar surface area (TPSA) is 98.7 Å². The van der Waals surface area contributed by atoms with E-state index < -0.39 is 18.0 Å². The number of urea groups is 1. The number of carboxylic acids is 1. The Balaban J connectivity index is 2.12. The van der Waals surface area contributed by atoms with Crippen molar-refractivity contribution in [3.8, 4) is 0 Å². The van der Waals surface area contributed by atoms with Crippen molar-refractivity contribution in [1.82, 2.24) is 10.2 Å². The first-order valence-electron chi connectivity index (χ1n) is 6.28. The summed E-state index contributed by atoms with van der Waals surface area (Å²) in [5, 5.41) is 14.2. The summed E-state index contributed by atoms with van der Waals surface area (Å²) >= 11 is 3.22. The zero-order chi connectivity index (χ0) is 15.6. The smallest absolute Gasteiger partial charge is 0.335 e. The molecule has 1 saturated heterocycles. The second-order valence-electron chi connectivity index (χ2n) is 4.59. The van der Waals surface area contributed by atoms with Crippen molar-refractivity contribution in [2.45, 2.75) is 13.0 Å². The summed E-state index contributed by atoms with van der Waals surface area (Å²) in [6.07, 6.45) is 0. The molecule has 1 aliphatic heterocycles. The number of nitrogens with zero attached hydrogens (tertiary/aromatic N) is 1. The second kappa shape index (κ2) is 6.13. The van der Waals surface area contributed by atoms with Crippen LogP contribution in [0.3, 0.4) is 0 Å². The van der Waals surface area contributed by atoms with Gasteiger partial charge in [0.1, 0.15) is 6.04 Å². The van der Waals surface area contributed by atoms with Crippen LogP contribution >= 0.6 is 15.9 Å². The summed E-state index contributed by atoms with van der Waals surface area (Å²) in [6.45, 7) is 2.48. The van der Waals surface area contributed by atoms with Gasteiger partial charge in [-0.2, -0.15) is 0 Å². The van der Waals surface area contributed by atoms with Gasteiger partial charge in [0.15, 0.2) is 0 Å². The lowest BCUT2D eigenvalue weighted by molar-refractivity contribution is -0.126. The van der Waals surface area contributed by atoms with Crippen molar-refractivity contribution in [1.29, 1.82) is 0 Å². The van der Waals surface area contributed by atoms with E-state index in [1.54, 1.807) is 6.92 Å². The number of benzene rings is 1. The van der Waals surface area contributed by atoms with Crippen LogP contribution in [0, 0.1) is 0 Å². The summed E-state index contributed by atoms with van der Waals surface area (Å²) in [4.78, 5) is 36.0. The molecule has 2 rings (SSSR count). The van der Waals surface area contributed by atoms with Crippen LogP contribution in [0.5, 0.6) is 0 Å². The Hall–Kier alpha value is -2.09. The molecule has 3 N–H and O–H groups in total. The van der Waals surface area contributed by atoms with Crippen molar-refractivity contribution in [3.63, 3.8) is 0 Å². The summed E-state index contributed by atoms with van der Waals surface area (Å²) in [6, 6.07) is 3.36. The van der Waals surface area contributed by atoms with Crippen LogP contribution in [-0.4, -0.2) is 47.0 Å². The molecule has 3 amide bonds. The molecule has 0 spiro atoms. The SMILES string of the molecule is CC1C(=O)NCCN1C(=O)Nc1ccc(C(=O)O)cc1Br. The Morgan fingerprint density at radius 3 is 2.81 bits per heavy atom. The van der Waals surface area contributed by atoms with E-state index in [2.05, 4.69) is 26.6 Å². The van der Waals surface area contributed by atoms with Gasteiger partial charge in [0.2, 0.25) is 5.91 Å². The fourth-order valence-electron chi connectivity index (χ4n) is 2.00. The molecule has 112 valence electrons. The molecule has 7 nitrogen and oxygen atoms in total. The van der Waals surface area contributed by atoms with Gasteiger partial charge in [0, 0.05) is 17.6 Å². The van der Waals surface area contributed by atoms with Gasteiger partial charge in [-0.3, -0.25) is 4.79 Å². The fraction of sp³-hybridized carbons (Fsp3) is 0.308. The van der Waals surface area contributed by atoms with E-state index in [1.807, 2.05) is 0 Å². The number of halogens is 1. The van der Waals surface area contributed by atoms with Gasteiger partial charge in [0.05, 0.1) is 11.3 Å². The minimum atomic E-state index is -1.05. The Labute approximate surface area is 129 Å². The van der Waals surface area contributed by atoms with Crippen LogP contribution < -0.4 is 10.6 Å². The predicted octanol–water partition coefficient (Wildman–Crippen LogP) is 1.50. The number of hydrogen-bond donors (Lipinski definition) is 3. The molecule has 1 aromatic rings. The van der Waals surface area contributed by atoms with Gasteiger partial charge in [0.25, 0.3) is 0 Å². The number of anilines is 1. The summed E-state index contributed by atoms with van der Waals surface area (Å²) in [5.41, 5.74) is 0.564. The Morgan fingerprint density at radius 1 is 1.48 bits per heavy atom. The number of aromatic carboxylic acids is 1. The highest BCUT2D eigenvalue weighted by Crippen LogP contribution is 2.24. The molecule has 0 radical (unpaired) electrons.